The monoisotopic (exact) mass is 293 g/mol. The first-order valence-corrected chi connectivity index (χ1v) is 6.85. The highest BCUT2D eigenvalue weighted by molar-refractivity contribution is 5.82. The maximum absolute atomic E-state index is 12.2. The van der Waals surface area contributed by atoms with Crippen LogP contribution in [0, 0.1) is 0 Å². The number of carbonyl (C=O) groups excluding carboxylic acids is 2. The minimum Gasteiger partial charge on any atom is -0.467 e. The molecule has 21 heavy (non-hydrogen) atoms. The number of amides is 1. The van der Waals surface area contributed by atoms with Gasteiger partial charge in [-0.3, -0.25) is 4.90 Å². The molecule has 0 aliphatic carbocycles. The first-order valence-electron chi connectivity index (χ1n) is 6.85. The zero-order valence-corrected chi connectivity index (χ0v) is 11.9. The Morgan fingerprint density at radius 3 is 2.62 bits per heavy atom. The number of aliphatic hydroxyl groups is 1. The molecular weight excluding hydrogens is 274 g/mol. The van der Waals surface area contributed by atoms with Crippen molar-refractivity contribution in [2.75, 3.05) is 13.7 Å². The molecule has 0 aromatic heterocycles. The number of esters is 1. The third-order valence-corrected chi connectivity index (χ3v) is 3.60. The Balaban J connectivity index is 2.02. The van der Waals surface area contributed by atoms with E-state index < -0.39 is 24.1 Å². The van der Waals surface area contributed by atoms with Crippen molar-refractivity contribution in [3.05, 3.63) is 35.9 Å². The van der Waals surface area contributed by atoms with Gasteiger partial charge in [0.2, 0.25) is 0 Å². The lowest BCUT2D eigenvalue weighted by Crippen LogP contribution is -2.46. The third kappa shape index (κ3) is 3.52. The molecule has 1 N–H and O–H groups in total. The summed E-state index contributed by atoms with van der Waals surface area (Å²) in [6.07, 6.45) is 0.417. The highest BCUT2D eigenvalue weighted by Gasteiger charge is 2.42. The molecule has 2 rings (SSSR count). The zero-order valence-electron chi connectivity index (χ0n) is 11.9. The highest BCUT2D eigenvalue weighted by Crippen LogP contribution is 2.26. The summed E-state index contributed by atoms with van der Waals surface area (Å²) in [5.74, 6) is -0.484. The molecule has 1 heterocycles. The molecular formula is C15H19NO5. The van der Waals surface area contributed by atoms with Crippen molar-refractivity contribution in [1.82, 2.24) is 4.90 Å². The quantitative estimate of drug-likeness (QED) is 0.847. The van der Waals surface area contributed by atoms with E-state index in [1.54, 1.807) is 0 Å². The Hall–Kier alpha value is -2.08. The number of likely N-dealkylation sites (tertiary alicyclic amines) is 1. The van der Waals surface area contributed by atoms with E-state index in [-0.39, 0.29) is 13.2 Å². The molecule has 1 aliphatic heterocycles. The summed E-state index contributed by atoms with van der Waals surface area (Å²) < 4.78 is 9.94. The highest BCUT2D eigenvalue weighted by atomic mass is 16.6. The van der Waals surface area contributed by atoms with Gasteiger partial charge in [-0.25, -0.2) is 9.59 Å². The summed E-state index contributed by atoms with van der Waals surface area (Å²) in [5.41, 5.74) is 0.861. The second-order valence-electron chi connectivity index (χ2n) is 4.90. The van der Waals surface area contributed by atoms with Crippen LogP contribution >= 0.6 is 0 Å². The fourth-order valence-electron chi connectivity index (χ4n) is 2.50. The SMILES string of the molecule is COC(=O)[C@@H]1CC[C@H](CO)N1C(=O)OCc1ccccc1. The van der Waals surface area contributed by atoms with Crippen LogP contribution in [-0.4, -0.2) is 47.9 Å². The molecule has 0 spiro atoms. The maximum Gasteiger partial charge on any atom is 0.411 e. The van der Waals surface area contributed by atoms with Gasteiger partial charge in [-0.2, -0.15) is 0 Å². The van der Waals surface area contributed by atoms with E-state index >= 15 is 0 Å². The van der Waals surface area contributed by atoms with Crippen LogP contribution in [0.25, 0.3) is 0 Å². The Bertz CT molecular complexity index is 490. The predicted molar refractivity (Wildman–Crippen MR) is 74.4 cm³/mol. The Morgan fingerprint density at radius 2 is 2.00 bits per heavy atom. The fraction of sp³-hybridized carbons (Fsp3) is 0.467. The van der Waals surface area contributed by atoms with E-state index in [0.29, 0.717) is 12.8 Å². The van der Waals surface area contributed by atoms with E-state index in [4.69, 9.17) is 9.47 Å². The summed E-state index contributed by atoms with van der Waals surface area (Å²) in [5, 5.41) is 9.34. The smallest absolute Gasteiger partial charge is 0.411 e. The minimum absolute atomic E-state index is 0.127. The predicted octanol–water partition coefficient (Wildman–Crippen LogP) is 1.32. The van der Waals surface area contributed by atoms with E-state index in [2.05, 4.69) is 0 Å². The van der Waals surface area contributed by atoms with Crippen molar-refractivity contribution < 1.29 is 24.2 Å². The number of hydrogen-bond donors (Lipinski definition) is 1. The third-order valence-electron chi connectivity index (χ3n) is 3.60. The molecule has 1 aromatic rings. The van der Waals surface area contributed by atoms with Crippen molar-refractivity contribution in [2.45, 2.75) is 31.5 Å². The summed E-state index contributed by atoms with van der Waals surface area (Å²) in [4.78, 5) is 25.2. The normalized spacial score (nSPS) is 21.1. The summed E-state index contributed by atoms with van der Waals surface area (Å²) in [7, 11) is 1.28. The van der Waals surface area contributed by atoms with Gasteiger partial charge < -0.3 is 14.6 Å². The largest absolute Gasteiger partial charge is 0.467 e. The number of methoxy groups -OCH3 is 1. The average molecular weight is 293 g/mol. The van der Waals surface area contributed by atoms with E-state index in [9.17, 15) is 14.7 Å². The summed E-state index contributed by atoms with van der Waals surface area (Å²) in [6.45, 7) is -0.0733. The molecule has 114 valence electrons. The molecule has 1 fully saturated rings. The van der Waals surface area contributed by atoms with Gasteiger partial charge in [0, 0.05) is 0 Å². The molecule has 6 heteroatoms. The lowest BCUT2D eigenvalue weighted by atomic mass is 10.2. The van der Waals surface area contributed by atoms with Crippen LogP contribution in [0.3, 0.4) is 0 Å². The summed E-state index contributed by atoms with van der Waals surface area (Å²) >= 11 is 0. The zero-order chi connectivity index (χ0) is 15.2. The molecule has 2 atom stereocenters. The van der Waals surface area contributed by atoms with Crippen LogP contribution in [0.2, 0.25) is 0 Å². The second kappa shape index (κ2) is 7.08. The number of carbonyl (C=O) groups is 2. The van der Waals surface area contributed by atoms with Crippen molar-refractivity contribution in [2.24, 2.45) is 0 Å². The Labute approximate surface area is 123 Å². The number of nitrogens with zero attached hydrogens (tertiary/aromatic N) is 1. The lowest BCUT2D eigenvalue weighted by molar-refractivity contribution is -0.145. The van der Waals surface area contributed by atoms with Crippen LogP contribution in [-0.2, 0) is 20.9 Å². The first kappa shape index (κ1) is 15.3. The number of ether oxygens (including phenoxy) is 2. The van der Waals surface area contributed by atoms with Gasteiger partial charge in [-0.05, 0) is 18.4 Å². The maximum atomic E-state index is 12.2. The van der Waals surface area contributed by atoms with Gasteiger partial charge in [0.05, 0.1) is 19.8 Å². The molecule has 0 radical (unpaired) electrons. The number of aliphatic hydroxyl groups excluding tert-OH is 1. The average Bonchev–Trinajstić information content (AvgIpc) is 2.96. The molecule has 0 unspecified atom stereocenters. The van der Waals surface area contributed by atoms with Gasteiger partial charge in [0.15, 0.2) is 0 Å². The van der Waals surface area contributed by atoms with Crippen LogP contribution in [0.15, 0.2) is 30.3 Å². The molecule has 6 nitrogen and oxygen atoms in total. The standard InChI is InChI=1S/C15H19NO5/c1-20-14(18)13-8-7-12(9-17)16(13)15(19)21-10-11-5-3-2-4-6-11/h2-6,12-13,17H,7-10H2,1H3/t12-,13+/m1/s1. The number of benzene rings is 1. The fourth-order valence-corrected chi connectivity index (χ4v) is 2.50. The van der Waals surface area contributed by atoms with Crippen LogP contribution in [0.4, 0.5) is 4.79 Å². The van der Waals surface area contributed by atoms with Gasteiger partial charge >= 0.3 is 12.1 Å². The number of rotatable bonds is 4. The topological polar surface area (TPSA) is 76.1 Å². The van der Waals surface area contributed by atoms with Gasteiger partial charge in [-0.15, -0.1) is 0 Å². The van der Waals surface area contributed by atoms with E-state index in [0.717, 1.165) is 5.56 Å². The van der Waals surface area contributed by atoms with Crippen LogP contribution in [0.5, 0.6) is 0 Å². The van der Waals surface area contributed by atoms with Gasteiger partial charge in [-0.1, -0.05) is 30.3 Å². The lowest BCUT2D eigenvalue weighted by Gasteiger charge is -2.27. The van der Waals surface area contributed by atoms with E-state index in [1.807, 2.05) is 30.3 Å². The number of hydrogen-bond acceptors (Lipinski definition) is 5. The first-order chi connectivity index (χ1) is 10.2. The van der Waals surface area contributed by atoms with Gasteiger partial charge in [0.1, 0.15) is 12.6 Å². The van der Waals surface area contributed by atoms with Crippen LogP contribution in [0.1, 0.15) is 18.4 Å². The minimum atomic E-state index is -0.685. The molecule has 1 amide bonds. The molecule has 1 saturated heterocycles. The molecule has 0 saturated carbocycles. The van der Waals surface area contributed by atoms with Gasteiger partial charge in [0.25, 0.3) is 0 Å². The van der Waals surface area contributed by atoms with Crippen molar-refractivity contribution >= 4 is 12.1 Å². The Kier molecular flexibility index (Phi) is 5.16. The van der Waals surface area contributed by atoms with Crippen molar-refractivity contribution in [3.8, 4) is 0 Å². The van der Waals surface area contributed by atoms with Crippen LogP contribution < -0.4 is 0 Å². The Morgan fingerprint density at radius 1 is 1.29 bits per heavy atom. The molecule has 1 aromatic carbocycles. The second-order valence-corrected chi connectivity index (χ2v) is 4.90. The molecule has 1 aliphatic rings. The summed E-state index contributed by atoms with van der Waals surface area (Å²) in [6, 6.07) is 8.19. The molecule has 0 bridgehead atoms. The van der Waals surface area contributed by atoms with Crippen molar-refractivity contribution in [1.29, 1.82) is 0 Å². The van der Waals surface area contributed by atoms with E-state index in [1.165, 1.54) is 12.0 Å². The van der Waals surface area contributed by atoms with Crippen molar-refractivity contribution in [3.63, 3.8) is 0 Å².